The summed E-state index contributed by atoms with van der Waals surface area (Å²) in [6.07, 6.45) is 3.28. The van der Waals surface area contributed by atoms with Gasteiger partial charge in [-0.15, -0.1) is 11.8 Å². The van der Waals surface area contributed by atoms with Gasteiger partial charge in [0.25, 0.3) is 0 Å². The van der Waals surface area contributed by atoms with Gasteiger partial charge in [-0.25, -0.2) is 0 Å². The van der Waals surface area contributed by atoms with Crippen molar-refractivity contribution in [3.8, 4) is 0 Å². The Labute approximate surface area is 89.1 Å². The molecule has 0 atom stereocenters. The van der Waals surface area contributed by atoms with Crippen molar-refractivity contribution in [3.63, 3.8) is 0 Å². The molecule has 0 spiro atoms. The van der Waals surface area contributed by atoms with Gasteiger partial charge in [-0.05, 0) is 10.8 Å². The fraction of sp³-hybridized carbons (Fsp3) is 0.333. The topological polar surface area (TPSA) is 0 Å². The maximum absolute atomic E-state index is 3.44. The largest absolute Gasteiger partial charge is 0.107 e. The van der Waals surface area contributed by atoms with Gasteiger partial charge in [0, 0.05) is 0 Å². The molecular formula is C12H24S. The Morgan fingerprint density at radius 3 is 0.923 bits per heavy atom. The van der Waals surface area contributed by atoms with Crippen LogP contribution in [0.5, 0.6) is 0 Å². The summed E-state index contributed by atoms with van der Waals surface area (Å²) in [6, 6.07) is 0. The second-order valence-electron chi connectivity index (χ2n) is 0.941. The highest BCUT2D eigenvalue weighted by atomic mass is 32.2. The zero-order chi connectivity index (χ0) is 11.5. The fourth-order valence-electron chi connectivity index (χ4n) is 0.0680. The maximum Gasteiger partial charge on any atom is -0.0320 e. The van der Waals surface area contributed by atoms with Crippen molar-refractivity contribution in [3.05, 3.63) is 49.3 Å². The maximum atomic E-state index is 3.44. The molecule has 0 nitrogen and oxygen atoms in total. The first kappa shape index (κ1) is 22.8. The van der Waals surface area contributed by atoms with Crippen molar-refractivity contribution in [2.24, 2.45) is 0 Å². The van der Waals surface area contributed by atoms with E-state index < -0.39 is 0 Å². The molecule has 0 bridgehead atoms. The molecule has 0 fully saturated rings. The molecule has 0 aliphatic carbocycles. The zero-order valence-electron chi connectivity index (χ0n) is 9.55. The molecule has 0 heterocycles. The van der Waals surface area contributed by atoms with Crippen LogP contribution in [0.25, 0.3) is 0 Å². The van der Waals surface area contributed by atoms with Crippen LogP contribution in [-0.4, -0.2) is 0 Å². The van der Waals surface area contributed by atoms with E-state index in [-0.39, 0.29) is 0 Å². The molecule has 0 rings (SSSR count). The van der Waals surface area contributed by atoms with E-state index in [2.05, 4.69) is 26.3 Å². The number of hydrogen-bond acceptors (Lipinski definition) is 1. The molecule has 0 amide bonds. The van der Waals surface area contributed by atoms with Gasteiger partial charge in [0.05, 0.1) is 0 Å². The first-order valence-corrected chi connectivity index (χ1v) is 5.38. The van der Waals surface area contributed by atoms with Crippen molar-refractivity contribution in [1.29, 1.82) is 0 Å². The first-order chi connectivity index (χ1) is 6.33. The molecule has 0 aliphatic heterocycles. The quantitative estimate of drug-likeness (QED) is 0.548. The minimum Gasteiger partial charge on any atom is -0.107 e. The van der Waals surface area contributed by atoms with Gasteiger partial charge in [-0.3, -0.25) is 0 Å². The summed E-state index contributed by atoms with van der Waals surface area (Å²) in [7, 11) is 0. The number of allylic oxidation sites excluding steroid dienone is 2. The summed E-state index contributed by atoms with van der Waals surface area (Å²) < 4.78 is 0. The molecule has 0 aromatic heterocycles. The predicted octanol–water partition coefficient (Wildman–Crippen LogP) is 5.42. The van der Waals surface area contributed by atoms with E-state index in [1.54, 1.807) is 23.0 Å². The van der Waals surface area contributed by atoms with Gasteiger partial charge >= 0.3 is 0 Å². The molecule has 0 aliphatic rings. The fourth-order valence-corrected chi connectivity index (χ4v) is 0.204. The van der Waals surface area contributed by atoms with Crippen molar-refractivity contribution < 1.29 is 0 Å². The lowest BCUT2D eigenvalue weighted by Crippen LogP contribution is -1.25. The summed E-state index contributed by atoms with van der Waals surface area (Å²) in [4.78, 5) is 0. The Balaban J connectivity index is -0.0000000457. The Bertz CT molecular complexity index is 81.3. The lowest BCUT2D eigenvalue weighted by molar-refractivity contribution is 1.50. The summed E-state index contributed by atoms with van der Waals surface area (Å²) in [5.74, 6) is 0. The van der Waals surface area contributed by atoms with Crippen LogP contribution in [0.4, 0.5) is 0 Å². The van der Waals surface area contributed by atoms with E-state index in [1.807, 2.05) is 27.7 Å². The normalized spacial score (nSPS) is 4.92. The molecule has 13 heavy (non-hydrogen) atoms. The number of thioether (sulfide) groups is 1. The van der Waals surface area contributed by atoms with Crippen molar-refractivity contribution in [2.45, 2.75) is 27.7 Å². The van der Waals surface area contributed by atoms with Gasteiger partial charge in [0.2, 0.25) is 0 Å². The molecule has 1 heteroatoms. The van der Waals surface area contributed by atoms with Crippen LogP contribution in [0.15, 0.2) is 49.3 Å². The van der Waals surface area contributed by atoms with Gasteiger partial charge in [-0.1, -0.05) is 66.2 Å². The molecular weight excluding hydrogens is 176 g/mol. The number of rotatable bonds is 3. The van der Waals surface area contributed by atoms with E-state index in [4.69, 9.17) is 0 Å². The number of hydrogen-bond donors (Lipinski definition) is 0. The summed E-state index contributed by atoms with van der Waals surface area (Å²) in [5.41, 5.74) is 0. The Kier molecular flexibility index (Phi) is 114. The van der Waals surface area contributed by atoms with Crippen LogP contribution in [0.1, 0.15) is 27.7 Å². The minimum atomic E-state index is 1.49. The Hall–Kier alpha value is -0.690. The van der Waals surface area contributed by atoms with Crippen molar-refractivity contribution in [2.75, 3.05) is 0 Å². The molecule has 0 aromatic rings. The van der Waals surface area contributed by atoms with Crippen molar-refractivity contribution >= 4 is 11.8 Å². The van der Waals surface area contributed by atoms with E-state index in [0.29, 0.717) is 0 Å². The zero-order valence-corrected chi connectivity index (χ0v) is 10.4. The Morgan fingerprint density at radius 1 is 0.692 bits per heavy atom. The molecule has 0 saturated heterocycles. The lowest BCUT2D eigenvalue weighted by atomic mass is 10.6. The molecule has 78 valence electrons. The Morgan fingerprint density at radius 2 is 0.923 bits per heavy atom. The van der Waals surface area contributed by atoms with E-state index >= 15 is 0 Å². The summed E-state index contributed by atoms with van der Waals surface area (Å²) in [5, 5.41) is 3.46. The van der Waals surface area contributed by atoms with E-state index in [9.17, 15) is 0 Å². The second-order valence-corrected chi connectivity index (χ2v) is 1.88. The van der Waals surface area contributed by atoms with E-state index in [1.165, 1.54) is 11.8 Å². The third-order valence-electron chi connectivity index (χ3n) is 0.359. The second kappa shape index (κ2) is 64.7. The van der Waals surface area contributed by atoms with Gasteiger partial charge in [0.15, 0.2) is 0 Å². The van der Waals surface area contributed by atoms with Crippen LogP contribution in [0.3, 0.4) is 0 Å². The highest BCUT2D eigenvalue weighted by Crippen LogP contribution is 1.96. The predicted molar refractivity (Wildman–Crippen MR) is 71.1 cm³/mol. The average Bonchev–Trinajstić information content (AvgIpc) is 2.25. The van der Waals surface area contributed by atoms with Crippen LogP contribution in [0, 0.1) is 0 Å². The smallest absolute Gasteiger partial charge is 0.0320 e. The third-order valence-corrected chi connectivity index (χ3v) is 0.744. The van der Waals surface area contributed by atoms with Gasteiger partial charge in [0.1, 0.15) is 0 Å². The SMILES string of the molecule is C=CC=C.C=CSC=C.CC.CC. The summed E-state index contributed by atoms with van der Waals surface area (Å²) in [6.45, 7) is 21.6. The third kappa shape index (κ3) is 184. The standard InChI is InChI=1S/C4H6S.C4H6.2C2H6/c1-3-5-4-2;1-3-4-2;2*1-2/h3-4H,1-2H2;3-4H,1-2H2;2*1-2H3. The molecule has 0 saturated carbocycles. The van der Waals surface area contributed by atoms with Crippen LogP contribution < -0.4 is 0 Å². The monoisotopic (exact) mass is 200 g/mol. The van der Waals surface area contributed by atoms with Crippen LogP contribution in [0.2, 0.25) is 0 Å². The molecule has 0 N–H and O–H groups in total. The summed E-state index contributed by atoms with van der Waals surface area (Å²) >= 11 is 1.49. The highest BCUT2D eigenvalue weighted by molar-refractivity contribution is 8.04. The van der Waals surface area contributed by atoms with Gasteiger partial charge < -0.3 is 0 Å². The molecule has 0 aromatic carbocycles. The van der Waals surface area contributed by atoms with Gasteiger partial charge in [-0.2, -0.15) is 0 Å². The lowest BCUT2D eigenvalue weighted by Gasteiger charge is -1.65. The first-order valence-electron chi connectivity index (χ1n) is 4.44. The van der Waals surface area contributed by atoms with Crippen molar-refractivity contribution in [1.82, 2.24) is 0 Å². The highest BCUT2D eigenvalue weighted by Gasteiger charge is 1.52. The average molecular weight is 200 g/mol. The van der Waals surface area contributed by atoms with Crippen LogP contribution in [-0.2, 0) is 0 Å². The molecule has 0 radical (unpaired) electrons. The van der Waals surface area contributed by atoms with Crippen LogP contribution >= 0.6 is 11.8 Å². The van der Waals surface area contributed by atoms with E-state index in [0.717, 1.165) is 0 Å². The molecule has 0 unspecified atom stereocenters. The minimum absolute atomic E-state index is 1.49.